The van der Waals surface area contributed by atoms with Crippen LogP contribution in [0.15, 0.2) is 42.6 Å². The zero-order valence-electron chi connectivity index (χ0n) is 14.9. The maximum Gasteiger partial charge on any atom is 0.0917 e. The van der Waals surface area contributed by atoms with Gasteiger partial charge in [0.2, 0.25) is 0 Å². The Kier molecular flexibility index (Phi) is 3.14. The topological polar surface area (TPSA) is 25.8 Å². The molecule has 1 aromatic heterocycles. The summed E-state index contributed by atoms with van der Waals surface area (Å²) in [4.78, 5) is 9.27. The van der Waals surface area contributed by atoms with Gasteiger partial charge in [0, 0.05) is 17.2 Å². The Hall–Kier alpha value is -2.48. The van der Waals surface area contributed by atoms with Crippen molar-refractivity contribution in [3.63, 3.8) is 0 Å². The fourth-order valence-electron chi connectivity index (χ4n) is 3.97. The molecule has 0 saturated carbocycles. The van der Waals surface area contributed by atoms with Gasteiger partial charge < -0.3 is 0 Å². The SMILES string of the molecule is Cc1cnc(-c2cc3c(cc2C)-c2ccccc2C3(C)C)c(C)n1. The molecule has 0 N–H and O–H groups in total. The van der Waals surface area contributed by atoms with E-state index in [1.807, 2.05) is 20.0 Å². The van der Waals surface area contributed by atoms with E-state index in [1.54, 1.807) is 0 Å². The quantitative estimate of drug-likeness (QED) is 0.603. The van der Waals surface area contributed by atoms with Gasteiger partial charge in [0.05, 0.1) is 17.1 Å². The highest BCUT2D eigenvalue weighted by molar-refractivity contribution is 5.84. The normalized spacial score (nSPS) is 14.4. The number of rotatable bonds is 1. The first-order valence-corrected chi connectivity index (χ1v) is 8.45. The molecular formula is C22H22N2. The summed E-state index contributed by atoms with van der Waals surface area (Å²) < 4.78 is 0. The van der Waals surface area contributed by atoms with E-state index in [-0.39, 0.29) is 5.41 Å². The van der Waals surface area contributed by atoms with Crippen LogP contribution >= 0.6 is 0 Å². The fourth-order valence-corrected chi connectivity index (χ4v) is 3.97. The van der Waals surface area contributed by atoms with Crippen LogP contribution in [0.1, 0.15) is 41.9 Å². The van der Waals surface area contributed by atoms with Crippen molar-refractivity contribution in [2.45, 2.75) is 40.0 Å². The molecule has 2 heteroatoms. The first-order valence-electron chi connectivity index (χ1n) is 8.45. The minimum Gasteiger partial charge on any atom is -0.255 e. The zero-order valence-corrected chi connectivity index (χ0v) is 14.9. The lowest BCUT2D eigenvalue weighted by Gasteiger charge is -2.22. The minimum absolute atomic E-state index is 0.0143. The van der Waals surface area contributed by atoms with Crippen molar-refractivity contribution >= 4 is 0 Å². The third-order valence-electron chi connectivity index (χ3n) is 5.25. The molecule has 1 aliphatic rings. The molecule has 4 rings (SSSR count). The molecule has 2 aromatic carbocycles. The van der Waals surface area contributed by atoms with Gasteiger partial charge in [-0.15, -0.1) is 0 Å². The highest BCUT2D eigenvalue weighted by atomic mass is 14.8. The molecule has 0 unspecified atom stereocenters. The van der Waals surface area contributed by atoms with Crippen LogP contribution < -0.4 is 0 Å². The van der Waals surface area contributed by atoms with Gasteiger partial charge >= 0.3 is 0 Å². The number of aromatic nitrogens is 2. The molecule has 0 aliphatic heterocycles. The minimum atomic E-state index is 0.0143. The summed E-state index contributed by atoms with van der Waals surface area (Å²) in [7, 11) is 0. The second kappa shape index (κ2) is 5.01. The number of nitrogens with zero attached hydrogens (tertiary/aromatic N) is 2. The van der Waals surface area contributed by atoms with Crippen molar-refractivity contribution < 1.29 is 0 Å². The lowest BCUT2D eigenvalue weighted by Crippen LogP contribution is -2.15. The Morgan fingerprint density at radius 3 is 2.33 bits per heavy atom. The molecule has 2 nitrogen and oxygen atoms in total. The van der Waals surface area contributed by atoms with Crippen LogP contribution in [0, 0.1) is 20.8 Å². The lowest BCUT2D eigenvalue weighted by molar-refractivity contribution is 0.660. The second-order valence-corrected chi connectivity index (χ2v) is 7.33. The molecule has 1 heterocycles. The molecule has 120 valence electrons. The van der Waals surface area contributed by atoms with Gasteiger partial charge in [0.15, 0.2) is 0 Å². The Bertz CT molecular complexity index is 968. The molecule has 3 aromatic rings. The van der Waals surface area contributed by atoms with Crippen molar-refractivity contribution in [1.82, 2.24) is 9.97 Å². The average Bonchev–Trinajstić information content (AvgIpc) is 2.75. The van der Waals surface area contributed by atoms with Crippen LogP contribution in [0.5, 0.6) is 0 Å². The number of fused-ring (bicyclic) bond motifs is 3. The van der Waals surface area contributed by atoms with Crippen LogP contribution in [0.2, 0.25) is 0 Å². The van der Waals surface area contributed by atoms with Crippen molar-refractivity contribution in [3.8, 4) is 22.4 Å². The Morgan fingerprint density at radius 2 is 1.58 bits per heavy atom. The van der Waals surface area contributed by atoms with Gasteiger partial charge in [-0.25, -0.2) is 0 Å². The van der Waals surface area contributed by atoms with E-state index >= 15 is 0 Å². The van der Waals surface area contributed by atoms with Gasteiger partial charge in [0.1, 0.15) is 0 Å². The second-order valence-electron chi connectivity index (χ2n) is 7.33. The van der Waals surface area contributed by atoms with Crippen LogP contribution in [-0.4, -0.2) is 9.97 Å². The highest BCUT2D eigenvalue weighted by Crippen LogP contribution is 2.50. The van der Waals surface area contributed by atoms with Crippen molar-refractivity contribution in [3.05, 3.63) is 70.7 Å². The predicted octanol–water partition coefficient (Wildman–Crippen LogP) is 5.38. The summed E-state index contributed by atoms with van der Waals surface area (Å²) in [5.74, 6) is 0. The molecule has 24 heavy (non-hydrogen) atoms. The molecule has 0 saturated heterocycles. The third-order valence-corrected chi connectivity index (χ3v) is 5.25. The van der Waals surface area contributed by atoms with Gasteiger partial charge in [-0.05, 0) is 54.7 Å². The zero-order chi connectivity index (χ0) is 17.1. The van der Waals surface area contributed by atoms with Gasteiger partial charge in [-0.3, -0.25) is 9.97 Å². The van der Waals surface area contributed by atoms with Crippen molar-refractivity contribution in [1.29, 1.82) is 0 Å². The summed E-state index contributed by atoms with van der Waals surface area (Å²) >= 11 is 0. The maximum atomic E-state index is 4.67. The number of hydrogen-bond donors (Lipinski definition) is 0. The van der Waals surface area contributed by atoms with Crippen LogP contribution in [-0.2, 0) is 5.41 Å². The summed E-state index contributed by atoms with van der Waals surface area (Å²) in [5.41, 5.74) is 10.9. The summed E-state index contributed by atoms with van der Waals surface area (Å²) in [6, 6.07) is 13.4. The lowest BCUT2D eigenvalue weighted by atomic mass is 9.81. The van der Waals surface area contributed by atoms with E-state index < -0.39 is 0 Å². The fraction of sp³-hybridized carbons (Fsp3) is 0.273. The molecular weight excluding hydrogens is 292 g/mol. The smallest absolute Gasteiger partial charge is 0.0917 e. The molecule has 0 amide bonds. The Balaban J connectivity index is 1.98. The molecule has 0 bridgehead atoms. The number of aryl methyl sites for hydroxylation is 3. The predicted molar refractivity (Wildman–Crippen MR) is 99.2 cm³/mol. The molecule has 0 radical (unpaired) electrons. The van der Waals surface area contributed by atoms with E-state index in [0.717, 1.165) is 17.1 Å². The van der Waals surface area contributed by atoms with Crippen LogP contribution in [0.4, 0.5) is 0 Å². The molecule has 0 fully saturated rings. The summed E-state index contributed by atoms with van der Waals surface area (Å²) in [6.07, 6.45) is 1.86. The Labute approximate surface area is 143 Å². The van der Waals surface area contributed by atoms with Gasteiger partial charge in [0.25, 0.3) is 0 Å². The first-order chi connectivity index (χ1) is 11.4. The molecule has 0 atom stereocenters. The maximum absolute atomic E-state index is 4.67. The summed E-state index contributed by atoms with van der Waals surface area (Å²) in [5, 5.41) is 0. The average molecular weight is 314 g/mol. The Morgan fingerprint density at radius 1 is 0.833 bits per heavy atom. The van der Waals surface area contributed by atoms with Crippen molar-refractivity contribution in [2.75, 3.05) is 0 Å². The van der Waals surface area contributed by atoms with E-state index in [4.69, 9.17) is 0 Å². The van der Waals surface area contributed by atoms with Crippen LogP contribution in [0.25, 0.3) is 22.4 Å². The van der Waals surface area contributed by atoms with E-state index in [0.29, 0.717) is 0 Å². The monoisotopic (exact) mass is 314 g/mol. The van der Waals surface area contributed by atoms with Crippen LogP contribution in [0.3, 0.4) is 0 Å². The number of hydrogen-bond acceptors (Lipinski definition) is 2. The van der Waals surface area contributed by atoms with E-state index in [1.165, 1.54) is 33.4 Å². The molecule has 0 spiro atoms. The molecule has 1 aliphatic carbocycles. The largest absolute Gasteiger partial charge is 0.255 e. The number of benzene rings is 2. The van der Waals surface area contributed by atoms with E-state index in [9.17, 15) is 0 Å². The van der Waals surface area contributed by atoms with E-state index in [2.05, 4.69) is 67.1 Å². The first kappa shape index (κ1) is 15.1. The van der Waals surface area contributed by atoms with Crippen molar-refractivity contribution in [2.24, 2.45) is 0 Å². The summed E-state index contributed by atoms with van der Waals surface area (Å²) in [6.45, 7) is 10.8. The van der Waals surface area contributed by atoms with Gasteiger partial charge in [-0.1, -0.05) is 44.2 Å². The third kappa shape index (κ3) is 2.02. The highest BCUT2D eigenvalue weighted by Gasteiger charge is 2.35. The van der Waals surface area contributed by atoms with Gasteiger partial charge in [-0.2, -0.15) is 0 Å². The standard InChI is InChI=1S/C22H22N2/c1-13-10-18-16-8-6-7-9-19(16)22(4,5)20(18)11-17(13)21-15(3)24-14(2)12-23-21/h6-12H,1-5H3.